The van der Waals surface area contributed by atoms with Gasteiger partial charge in [-0.05, 0) is 50.1 Å². The molecular weight excluding hydrogens is 274 g/mol. The molecule has 1 fully saturated rings. The molecular formula is C16H22ClNO2. The summed E-state index contributed by atoms with van der Waals surface area (Å²) < 4.78 is 11.5. The van der Waals surface area contributed by atoms with Crippen LogP contribution < -0.4 is 10.1 Å². The average Bonchev–Trinajstić information content (AvgIpc) is 3.04. The molecule has 3 nitrogen and oxygen atoms in total. The van der Waals surface area contributed by atoms with E-state index < -0.39 is 0 Å². The molecule has 1 saturated heterocycles. The molecule has 4 heteroatoms. The van der Waals surface area contributed by atoms with Gasteiger partial charge in [0, 0.05) is 23.4 Å². The topological polar surface area (TPSA) is 30.5 Å². The number of likely N-dealkylation sites (N-methyl/N-ethyl adjacent to an activating group) is 1. The summed E-state index contributed by atoms with van der Waals surface area (Å²) in [6, 6.07) is 4.49. The Morgan fingerprint density at radius 3 is 3.00 bits per heavy atom. The molecule has 20 heavy (non-hydrogen) atoms. The van der Waals surface area contributed by atoms with Gasteiger partial charge in [-0.15, -0.1) is 0 Å². The van der Waals surface area contributed by atoms with Crippen molar-refractivity contribution in [1.82, 2.24) is 5.32 Å². The van der Waals surface area contributed by atoms with Crippen LogP contribution in [0.3, 0.4) is 0 Å². The lowest BCUT2D eigenvalue weighted by molar-refractivity contribution is 0.117. The Morgan fingerprint density at radius 1 is 1.45 bits per heavy atom. The van der Waals surface area contributed by atoms with Crippen molar-refractivity contribution in [3.8, 4) is 5.75 Å². The minimum absolute atomic E-state index is 0.372. The van der Waals surface area contributed by atoms with Crippen LogP contribution in [0.1, 0.15) is 24.5 Å². The predicted molar refractivity (Wildman–Crippen MR) is 80.7 cm³/mol. The van der Waals surface area contributed by atoms with Crippen molar-refractivity contribution < 1.29 is 9.47 Å². The fourth-order valence-corrected chi connectivity index (χ4v) is 3.63. The molecule has 2 aliphatic heterocycles. The normalized spacial score (nSPS) is 26.4. The van der Waals surface area contributed by atoms with E-state index in [0.717, 1.165) is 43.2 Å². The van der Waals surface area contributed by atoms with Gasteiger partial charge in [-0.2, -0.15) is 0 Å². The van der Waals surface area contributed by atoms with Gasteiger partial charge in [0.05, 0.1) is 19.3 Å². The molecule has 0 bridgehead atoms. The van der Waals surface area contributed by atoms with E-state index in [0.29, 0.717) is 18.1 Å². The summed E-state index contributed by atoms with van der Waals surface area (Å²) in [5, 5.41) is 4.26. The van der Waals surface area contributed by atoms with Crippen LogP contribution in [-0.4, -0.2) is 32.4 Å². The zero-order valence-corrected chi connectivity index (χ0v) is 12.9. The monoisotopic (exact) mass is 295 g/mol. The van der Waals surface area contributed by atoms with Crippen LogP contribution in [0.5, 0.6) is 5.75 Å². The van der Waals surface area contributed by atoms with Crippen LogP contribution in [0.2, 0.25) is 5.02 Å². The molecule has 1 N–H and O–H groups in total. The second kappa shape index (κ2) is 5.92. The Kier molecular flexibility index (Phi) is 4.20. The SMILES string of the molecule is CNC(Cc1cc(Cl)cc2c1OCC2)C1COC(C)C1. The van der Waals surface area contributed by atoms with Crippen molar-refractivity contribution in [2.75, 3.05) is 20.3 Å². The minimum Gasteiger partial charge on any atom is -0.493 e. The van der Waals surface area contributed by atoms with Crippen LogP contribution in [0.15, 0.2) is 12.1 Å². The molecule has 0 radical (unpaired) electrons. The van der Waals surface area contributed by atoms with Gasteiger partial charge in [-0.3, -0.25) is 0 Å². The van der Waals surface area contributed by atoms with E-state index >= 15 is 0 Å². The van der Waals surface area contributed by atoms with Gasteiger partial charge in [0.15, 0.2) is 0 Å². The van der Waals surface area contributed by atoms with Crippen molar-refractivity contribution >= 4 is 11.6 Å². The summed E-state index contributed by atoms with van der Waals surface area (Å²) in [5.74, 6) is 1.62. The second-order valence-electron chi connectivity index (χ2n) is 5.89. The molecule has 1 aromatic carbocycles. The van der Waals surface area contributed by atoms with Crippen molar-refractivity contribution in [1.29, 1.82) is 0 Å². The third-order valence-electron chi connectivity index (χ3n) is 4.43. The van der Waals surface area contributed by atoms with Gasteiger partial charge in [0.1, 0.15) is 5.75 Å². The van der Waals surface area contributed by atoms with E-state index in [1.807, 2.05) is 13.1 Å². The summed E-state index contributed by atoms with van der Waals surface area (Å²) in [6.45, 7) is 3.76. The maximum absolute atomic E-state index is 6.24. The van der Waals surface area contributed by atoms with Gasteiger partial charge in [0.25, 0.3) is 0 Å². The molecule has 3 atom stereocenters. The Morgan fingerprint density at radius 2 is 2.30 bits per heavy atom. The van der Waals surface area contributed by atoms with E-state index in [9.17, 15) is 0 Å². The Hall–Kier alpha value is -0.770. The first-order chi connectivity index (χ1) is 9.67. The highest BCUT2D eigenvalue weighted by atomic mass is 35.5. The molecule has 0 amide bonds. The number of rotatable bonds is 4. The first-order valence-corrected chi connectivity index (χ1v) is 7.78. The molecule has 3 unspecified atom stereocenters. The maximum Gasteiger partial charge on any atom is 0.125 e. The highest BCUT2D eigenvalue weighted by Gasteiger charge is 2.30. The molecule has 1 aromatic rings. The fraction of sp³-hybridized carbons (Fsp3) is 0.625. The van der Waals surface area contributed by atoms with E-state index in [-0.39, 0.29) is 0 Å². The van der Waals surface area contributed by atoms with Gasteiger partial charge in [-0.1, -0.05) is 11.6 Å². The number of nitrogens with one attached hydrogen (secondary N) is 1. The van der Waals surface area contributed by atoms with E-state index in [2.05, 4.69) is 18.3 Å². The van der Waals surface area contributed by atoms with Crippen LogP contribution in [0.25, 0.3) is 0 Å². The number of hydrogen-bond donors (Lipinski definition) is 1. The molecule has 0 spiro atoms. The zero-order chi connectivity index (χ0) is 14.1. The summed E-state index contributed by atoms with van der Waals surface area (Å²) >= 11 is 6.24. The maximum atomic E-state index is 6.24. The van der Waals surface area contributed by atoms with E-state index in [4.69, 9.17) is 21.1 Å². The number of benzene rings is 1. The minimum atomic E-state index is 0.372. The fourth-order valence-electron chi connectivity index (χ4n) is 3.37. The second-order valence-corrected chi connectivity index (χ2v) is 6.33. The lowest BCUT2D eigenvalue weighted by Gasteiger charge is -2.23. The molecule has 3 rings (SSSR count). The first kappa shape index (κ1) is 14.2. The quantitative estimate of drug-likeness (QED) is 0.926. The Labute approximate surface area is 125 Å². The molecule has 0 saturated carbocycles. The zero-order valence-electron chi connectivity index (χ0n) is 12.1. The van der Waals surface area contributed by atoms with Crippen molar-refractivity contribution in [3.63, 3.8) is 0 Å². The van der Waals surface area contributed by atoms with E-state index in [1.54, 1.807) is 0 Å². The number of halogens is 1. The van der Waals surface area contributed by atoms with Gasteiger partial charge < -0.3 is 14.8 Å². The van der Waals surface area contributed by atoms with Crippen LogP contribution >= 0.6 is 11.6 Å². The van der Waals surface area contributed by atoms with Crippen LogP contribution in [-0.2, 0) is 17.6 Å². The van der Waals surface area contributed by atoms with Gasteiger partial charge >= 0.3 is 0 Å². The predicted octanol–water partition coefficient (Wildman–Crippen LogP) is 2.83. The highest BCUT2D eigenvalue weighted by Crippen LogP contribution is 2.35. The lowest BCUT2D eigenvalue weighted by Crippen LogP contribution is -2.36. The van der Waals surface area contributed by atoms with Crippen LogP contribution in [0, 0.1) is 5.92 Å². The van der Waals surface area contributed by atoms with Gasteiger partial charge in [0.2, 0.25) is 0 Å². The van der Waals surface area contributed by atoms with Gasteiger partial charge in [-0.25, -0.2) is 0 Å². The summed E-state index contributed by atoms with van der Waals surface area (Å²) in [5.41, 5.74) is 2.47. The van der Waals surface area contributed by atoms with Crippen molar-refractivity contribution in [2.24, 2.45) is 5.92 Å². The van der Waals surface area contributed by atoms with E-state index in [1.165, 1.54) is 11.1 Å². The van der Waals surface area contributed by atoms with Crippen molar-refractivity contribution in [2.45, 2.75) is 38.3 Å². The molecule has 2 aliphatic rings. The largest absolute Gasteiger partial charge is 0.493 e. The third-order valence-corrected chi connectivity index (χ3v) is 4.65. The third kappa shape index (κ3) is 2.80. The summed E-state index contributed by atoms with van der Waals surface area (Å²) in [7, 11) is 2.03. The average molecular weight is 296 g/mol. The first-order valence-electron chi connectivity index (χ1n) is 7.40. The van der Waals surface area contributed by atoms with Crippen molar-refractivity contribution in [3.05, 3.63) is 28.3 Å². The summed E-state index contributed by atoms with van der Waals surface area (Å²) in [4.78, 5) is 0. The molecule has 0 aromatic heterocycles. The lowest BCUT2D eigenvalue weighted by atomic mass is 9.90. The number of ether oxygens (including phenoxy) is 2. The molecule has 110 valence electrons. The number of fused-ring (bicyclic) bond motifs is 1. The Bertz CT molecular complexity index is 492. The molecule has 2 heterocycles. The Balaban J connectivity index is 1.79. The number of hydrogen-bond acceptors (Lipinski definition) is 3. The highest BCUT2D eigenvalue weighted by molar-refractivity contribution is 6.30. The smallest absolute Gasteiger partial charge is 0.125 e. The molecule has 0 aliphatic carbocycles. The van der Waals surface area contributed by atoms with Crippen LogP contribution in [0.4, 0.5) is 0 Å². The summed E-state index contributed by atoms with van der Waals surface area (Å²) in [6.07, 6.45) is 3.41. The standard InChI is InChI=1S/C16H22ClNO2/c1-10-5-13(9-20-10)15(18-2)8-12-7-14(17)6-11-3-4-19-16(11)12/h6-7,10,13,15,18H,3-5,8-9H2,1-2H3.